The van der Waals surface area contributed by atoms with Crippen LogP contribution in [0.2, 0.25) is 0 Å². The van der Waals surface area contributed by atoms with Gasteiger partial charge in [0.25, 0.3) is 10.1 Å². The van der Waals surface area contributed by atoms with Gasteiger partial charge in [0.2, 0.25) is 0 Å². The number of nitrogen functional groups attached to an aromatic ring is 2. The summed E-state index contributed by atoms with van der Waals surface area (Å²) in [6.45, 7) is 0. The Hall–Kier alpha value is -2.69. The van der Waals surface area contributed by atoms with Crippen LogP contribution in [-0.2, 0) is 10.1 Å². The van der Waals surface area contributed by atoms with Gasteiger partial charge in [-0.15, -0.1) is 0 Å². The van der Waals surface area contributed by atoms with Crippen molar-refractivity contribution < 1.29 is 53.5 Å². The molecule has 0 heterocycles. The van der Waals surface area contributed by atoms with Crippen LogP contribution in [0.1, 0.15) is 33.3 Å². The summed E-state index contributed by atoms with van der Waals surface area (Å²) in [6.07, 6.45) is 0. The predicted octanol–water partition coefficient (Wildman–Crippen LogP) is -0.267. The molecule has 148 valence electrons. The van der Waals surface area contributed by atoms with Gasteiger partial charge in [0, 0.05) is 22.5 Å². The molecular formula is C20H16N3NaO5S. The number of hydrogen-bond acceptors (Lipinski definition) is 7. The number of benzene rings is 3. The van der Waals surface area contributed by atoms with E-state index >= 15 is 0 Å². The molecule has 8 nitrogen and oxygen atoms in total. The Balaban J connectivity index is 0.00000171. The number of nitrogens with two attached hydrogens (primary N) is 2. The first-order chi connectivity index (χ1) is 13.7. The number of ketones is 2. The van der Waals surface area contributed by atoms with E-state index in [0.29, 0.717) is 11.4 Å². The first-order valence-electron chi connectivity index (χ1n) is 8.43. The standard InChI is InChI=1S/C20H15N3O5S.Na.H/c21-10-5-7-11(8-6-10)23-14-9-15(29(26,27)28)18(22)17-16(14)19(24)12-3-1-2-4-13(12)20(17)25;;/h1-9,23H,21-22H2,(H,26,27,28);;/q;+1;-1. The Morgan fingerprint density at radius 1 is 0.867 bits per heavy atom. The van der Waals surface area contributed by atoms with Gasteiger partial charge in [-0.2, -0.15) is 8.42 Å². The zero-order chi connectivity index (χ0) is 20.9. The molecule has 0 aromatic heterocycles. The second-order valence-electron chi connectivity index (χ2n) is 6.51. The fourth-order valence-electron chi connectivity index (χ4n) is 3.33. The molecule has 3 aromatic rings. The molecule has 0 bridgehead atoms. The molecule has 0 saturated heterocycles. The van der Waals surface area contributed by atoms with E-state index in [2.05, 4.69) is 5.32 Å². The summed E-state index contributed by atoms with van der Waals surface area (Å²) in [5.74, 6) is -1.08. The van der Waals surface area contributed by atoms with Crippen molar-refractivity contribution in [2.24, 2.45) is 0 Å². The normalized spacial score (nSPS) is 12.6. The average molecular weight is 433 g/mol. The fourth-order valence-corrected chi connectivity index (χ4v) is 3.97. The van der Waals surface area contributed by atoms with Crippen molar-refractivity contribution in [2.75, 3.05) is 16.8 Å². The predicted molar refractivity (Wildman–Crippen MR) is 109 cm³/mol. The topological polar surface area (TPSA) is 153 Å². The molecular weight excluding hydrogens is 417 g/mol. The molecule has 6 N–H and O–H groups in total. The molecule has 0 amide bonds. The van der Waals surface area contributed by atoms with Gasteiger partial charge in [0.1, 0.15) is 4.90 Å². The Morgan fingerprint density at radius 2 is 1.40 bits per heavy atom. The minimum Gasteiger partial charge on any atom is -1.00 e. The number of nitrogens with one attached hydrogen (secondary N) is 1. The van der Waals surface area contributed by atoms with Crippen LogP contribution in [0.25, 0.3) is 0 Å². The van der Waals surface area contributed by atoms with Gasteiger partial charge in [-0.3, -0.25) is 14.1 Å². The van der Waals surface area contributed by atoms with Gasteiger partial charge in [-0.25, -0.2) is 0 Å². The molecule has 3 aromatic carbocycles. The fraction of sp³-hybridized carbons (Fsp3) is 0. The second kappa shape index (κ2) is 7.86. The van der Waals surface area contributed by atoms with Crippen LogP contribution in [0.3, 0.4) is 0 Å². The third-order valence-corrected chi connectivity index (χ3v) is 5.56. The number of carbonyl (C=O) groups is 2. The SMILES string of the molecule is Nc1ccc(Nc2cc(S(=O)(=O)O)c(N)c3c2C(=O)c2ccccc2C3=O)cc1.[H-].[Na+]. The van der Waals surface area contributed by atoms with Crippen molar-refractivity contribution in [3.63, 3.8) is 0 Å². The molecule has 10 heteroatoms. The van der Waals surface area contributed by atoms with Crippen molar-refractivity contribution in [1.82, 2.24) is 0 Å². The molecule has 30 heavy (non-hydrogen) atoms. The summed E-state index contributed by atoms with van der Waals surface area (Å²) in [4.78, 5) is 25.5. The van der Waals surface area contributed by atoms with E-state index in [0.717, 1.165) is 6.07 Å². The molecule has 0 aliphatic heterocycles. The van der Waals surface area contributed by atoms with Crippen molar-refractivity contribution >= 4 is 44.4 Å². The van der Waals surface area contributed by atoms with Crippen molar-refractivity contribution in [3.8, 4) is 0 Å². The third kappa shape index (κ3) is 3.62. The minimum absolute atomic E-state index is 0. The molecule has 1 aliphatic carbocycles. The maximum Gasteiger partial charge on any atom is 1.00 e. The Bertz CT molecular complexity index is 1310. The van der Waals surface area contributed by atoms with Gasteiger partial charge < -0.3 is 18.2 Å². The van der Waals surface area contributed by atoms with E-state index in [9.17, 15) is 22.6 Å². The molecule has 0 saturated carbocycles. The van der Waals surface area contributed by atoms with Gasteiger partial charge in [-0.05, 0) is 30.3 Å². The summed E-state index contributed by atoms with van der Waals surface area (Å²) in [6, 6.07) is 13.7. The summed E-state index contributed by atoms with van der Waals surface area (Å²) >= 11 is 0. The van der Waals surface area contributed by atoms with Crippen LogP contribution in [0.5, 0.6) is 0 Å². The third-order valence-electron chi connectivity index (χ3n) is 4.67. The zero-order valence-corrected chi connectivity index (χ0v) is 18.7. The van der Waals surface area contributed by atoms with Crippen LogP contribution in [0, 0.1) is 0 Å². The Morgan fingerprint density at radius 3 is 1.93 bits per heavy atom. The first kappa shape index (κ1) is 22.0. The largest absolute Gasteiger partial charge is 1.00 e. The molecule has 0 unspecified atom stereocenters. The number of carbonyl (C=O) groups excluding carboxylic acids is 2. The summed E-state index contributed by atoms with van der Waals surface area (Å²) in [5.41, 5.74) is 12.1. The average Bonchev–Trinajstić information content (AvgIpc) is 2.68. The number of anilines is 4. The summed E-state index contributed by atoms with van der Waals surface area (Å²) in [5, 5.41) is 2.92. The van der Waals surface area contributed by atoms with Crippen LogP contribution in [-0.4, -0.2) is 24.5 Å². The molecule has 0 spiro atoms. The Labute approximate surface area is 195 Å². The van der Waals surface area contributed by atoms with Crippen LogP contribution in [0.15, 0.2) is 59.5 Å². The van der Waals surface area contributed by atoms with E-state index in [-0.39, 0.29) is 58.9 Å². The van der Waals surface area contributed by atoms with E-state index < -0.39 is 32.3 Å². The molecule has 0 atom stereocenters. The Kier molecular flexibility index (Phi) is 5.76. The van der Waals surface area contributed by atoms with Crippen molar-refractivity contribution in [2.45, 2.75) is 4.90 Å². The van der Waals surface area contributed by atoms with E-state index in [1.807, 2.05) is 0 Å². The number of hydrogen-bond donors (Lipinski definition) is 4. The summed E-state index contributed by atoms with van der Waals surface area (Å²) in [7, 11) is -4.76. The van der Waals surface area contributed by atoms with Crippen molar-refractivity contribution in [3.05, 3.63) is 76.9 Å². The molecule has 0 radical (unpaired) electrons. The maximum atomic E-state index is 13.2. The molecule has 0 fully saturated rings. The van der Waals surface area contributed by atoms with Gasteiger partial charge in [-0.1, -0.05) is 24.3 Å². The van der Waals surface area contributed by atoms with Crippen LogP contribution >= 0.6 is 0 Å². The van der Waals surface area contributed by atoms with Crippen molar-refractivity contribution in [1.29, 1.82) is 0 Å². The minimum atomic E-state index is -4.76. The quantitative estimate of drug-likeness (QED) is 0.196. The monoisotopic (exact) mass is 433 g/mol. The van der Waals surface area contributed by atoms with Gasteiger partial charge in [0.15, 0.2) is 11.6 Å². The molecule has 1 aliphatic rings. The summed E-state index contributed by atoms with van der Waals surface area (Å²) < 4.78 is 33.3. The van der Waals surface area contributed by atoms with Crippen LogP contribution in [0.4, 0.5) is 22.7 Å². The smallest absolute Gasteiger partial charge is 1.00 e. The van der Waals surface area contributed by atoms with E-state index in [4.69, 9.17) is 11.5 Å². The zero-order valence-electron chi connectivity index (χ0n) is 16.8. The van der Waals surface area contributed by atoms with E-state index in [1.165, 1.54) is 12.1 Å². The van der Waals surface area contributed by atoms with Gasteiger partial charge in [0.05, 0.1) is 22.5 Å². The van der Waals surface area contributed by atoms with E-state index in [1.54, 1.807) is 36.4 Å². The maximum absolute atomic E-state index is 13.2. The van der Waals surface area contributed by atoms with Crippen LogP contribution < -0.4 is 46.3 Å². The second-order valence-corrected chi connectivity index (χ2v) is 7.90. The number of rotatable bonds is 3. The first-order valence-corrected chi connectivity index (χ1v) is 9.87. The molecule has 4 rings (SSSR count). The van der Waals surface area contributed by atoms with Gasteiger partial charge >= 0.3 is 29.6 Å². The number of fused-ring (bicyclic) bond motifs is 2.